The van der Waals surface area contributed by atoms with Crippen molar-refractivity contribution in [3.05, 3.63) is 71.9 Å². The summed E-state index contributed by atoms with van der Waals surface area (Å²) in [6.07, 6.45) is 0. The van der Waals surface area contributed by atoms with Crippen LogP contribution in [0.5, 0.6) is 0 Å². The van der Waals surface area contributed by atoms with Crippen molar-refractivity contribution < 1.29 is 18.9 Å². The van der Waals surface area contributed by atoms with Crippen LogP contribution in [-0.2, 0) is 10.3 Å². The second kappa shape index (κ2) is 6.66. The zero-order chi connectivity index (χ0) is 19.7. The van der Waals surface area contributed by atoms with Crippen LogP contribution in [0.4, 0.5) is 10.5 Å². The van der Waals surface area contributed by atoms with E-state index in [-0.39, 0.29) is 5.69 Å². The number of nitrogens with one attached hydrogen (secondary N) is 3. The molecular formula is C20H16N4O4. The molecule has 2 aromatic carbocycles. The number of urea groups is 1. The summed E-state index contributed by atoms with van der Waals surface area (Å²) >= 11 is 0. The summed E-state index contributed by atoms with van der Waals surface area (Å²) in [7, 11) is 0. The summed E-state index contributed by atoms with van der Waals surface area (Å²) in [6, 6.07) is 17.0. The van der Waals surface area contributed by atoms with Gasteiger partial charge in [-0.1, -0.05) is 47.6 Å². The number of imide groups is 1. The molecule has 28 heavy (non-hydrogen) atoms. The van der Waals surface area contributed by atoms with Crippen molar-refractivity contribution >= 4 is 23.5 Å². The van der Waals surface area contributed by atoms with Gasteiger partial charge in [-0.25, -0.2) is 4.79 Å². The van der Waals surface area contributed by atoms with Gasteiger partial charge in [-0.2, -0.15) is 0 Å². The minimum atomic E-state index is -1.20. The summed E-state index contributed by atoms with van der Waals surface area (Å²) < 4.78 is 5.25. The summed E-state index contributed by atoms with van der Waals surface area (Å²) in [4.78, 5) is 36.1. The Morgan fingerprint density at radius 2 is 1.86 bits per heavy atom. The van der Waals surface area contributed by atoms with Gasteiger partial charge in [0.1, 0.15) is 5.54 Å². The Morgan fingerprint density at radius 1 is 1.07 bits per heavy atom. The van der Waals surface area contributed by atoms with Gasteiger partial charge in [-0.3, -0.25) is 14.9 Å². The van der Waals surface area contributed by atoms with Gasteiger partial charge in [0.2, 0.25) is 0 Å². The van der Waals surface area contributed by atoms with E-state index in [1.165, 1.54) is 0 Å². The van der Waals surface area contributed by atoms with Crippen LogP contribution < -0.4 is 16.0 Å². The van der Waals surface area contributed by atoms with Crippen LogP contribution in [0.2, 0.25) is 0 Å². The molecule has 1 aromatic heterocycles. The van der Waals surface area contributed by atoms with Crippen molar-refractivity contribution in [3.63, 3.8) is 0 Å². The van der Waals surface area contributed by atoms with E-state index in [0.717, 1.165) is 5.56 Å². The van der Waals surface area contributed by atoms with E-state index in [1.807, 2.05) is 30.3 Å². The van der Waals surface area contributed by atoms with E-state index >= 15 is 0 Å². The Bertz CT molecular complexity index is 1080. The van der Waals surface area contributed by atoms with E-state index in [1.54, 1.807) is 37.3 Å². The van der Waals surface area contributed by atoms with Crippen molar-refractivity contribution in [2.75, 3.05) is 5.32 Å². The first-order valence-electron chi connectivity index (χ1n) is 8.53. The number of amides is 4. The highest BCUT2D eigenvalue weighted by Crippen LogP contribution is 2.27. The molecule has 0 spiro atoms. The quantitative estimate of drug-likeness (QED) is 0.606. The number of carbonyl (C=O) groups excluding carboxylic acids is 3. The van der Waals surface area contributed by atoms with Crippen LogP contribution in [-0.4, -0.2) is 23.0 Å². The zero-order valence-electron chi connectivity index (χ0n) is 14.9. The number of nitrogens with zero attached hydrogens (tertiary/aromatic N) is 1. The molecule has 0 aliphatic carbocycles. The normalized spacial score (nSPS) is 18.5. The fourth-order valence-electron chi connectivity index (χ4n) is 2.97. The topological polar surface area (TPSA) is 113 Å². The van der Waals surface area contributed by atoms with Gasteiger partial charge in [0.25, 0.3) is 11.8 Å². The number of aromatic nitrogens is 1. The van der Waals surface area contributed by atoms with Crippen molar-refractivity contribution in [3.8, 4) is 11.3 Å². The molecule has 4 rings (SSSR count). The molecule has 1 atom stereocenters. The third-order valence-corrected chi connectivity index (χ3v) is 4.54. The molecule has 1 fully saturated rings. The summed E-state index contributed by atoms with van der Waals surface area (Å²) in [5, 5.41) is 11.3. The van der Waals surface area contributed by atoms with Gasteiger partial charge in [0.15, 0.2) is 11.5 Å². The molecule has 1 unspecified atom stereocenters. The van der Waals surface area contributed by atoms with E-state index in [9.17, 15) is 14.4 Å². The predicted molar refractivity (Wildman–Crippen MR) is 100 cm³/mol. The standard InChI is InChI=1S/C20H16N4O4/c1-20(18(26)22-19(27)23-20)13-8-5-9-14(10-13)21-17(25)15-11-16(28-24-15)12-6-3-2-4-7-12/h2-11H,1H3,(H,21,25)(H2,22,23,26,27). The average Bonchev–Trinajstić information content (AvgIpc) is 3.28. The molecule has 2 heterocycles. The molecule has 140 valence electrons. The van der Waals surface area contributed by atoms with E-state index in [4.69, 9.17) is 4.52 Å². The Labute approximate surface area is 159 Å². The highest BCUT2D eigenvalue weighted by atomic mass is 16.5. The average molecular weight is 376 g/mol. The molecule has 1 saturated heterocycles. The fraction of sp³-hybridized carbons (Fsp3) is 0.100. The lowest BCUT2D eigenvalue weighted by Crippen LogP contribution is -2.40. The highest BCUT2D eigenvalue weighted by Gasteiger charge is 2.43. The lowest BCUT2D eigenvalue weighted by Gasteiger charge is -2.21. The van der Waals surface area contributed by atoms with Crippen LogP contribution in [0.25, 0.3) is 11.3 Å². The Balaban J connectivity index is 1.54. The summed E-state index contributed by atoms with van der Waals surface area (Å²) in [5.74, 6) is -0.421. The van der Waals surface area contributed by atoms with Gasteiger partial charge >= 0.3 is 6.03 Å². The number of anilines is 1. The fourth-order valence-corrected chi connectivity index (χ4v) is 2.97. The SMILES string of the molecule is CC1(c2cccc(NC(=O)c3cc(-c4ccccc4)on3)c2)NC(=O)NC1=O. The highest BCUT2D eigenvalue weighted by molar-refractivity contribution is 6.07. The number of benzene rings is 2. The number of rotatable bonds is 4. The van der Waals surface area contributed by atoms with Crippen molar-refractivity contribution in [2.24, 2.45) is 0 Å². The van der Waals surface area contributed by atoms with Gasteiger partial charge in [-0.05, 0) is 24.6 Å². The molecule has 1 aliphatic rings. The van der Waals surface area contributed by atoms with Crippen LogP contribution in [0.1, 0.15) is 23.0 Å². The minimum Gasteiger partial charge on any atom is -0.355 e. The van der Waals surface area contributed by atoms with Crippen molar-refractivity contribution in [1.82, 2.24) is 15.8 Å². The number of hydrogen-bond acceptors (Lipinski definition) is 5. The van der Waals surface area contributed by atoms with Gasteiger partial charge < -0.3 is 15.2 Å². The molecule has 0 radical (unpaired) electrons. The number of carbonyl (C=O) groups is 3. The zero-order valence-corrected chi connectivity index (χ0v) is 14.9. The van der Waals surface area contributed by atoms with E-state index in [0.29, 0.717) is 17.0 Å². The molecular weight excluding hydrogens is 360 g/mol. The molecule has 8 nitrogen and oxygen atoms in total. The van der Waals surface area contributed by atoms with Gasteiger partial charge in [0, 0.05) is 17.3 Å². The lowest BCUT2D eigenvalue weighted by atomic mass is 9.92. The molecule has 8 heteroatoms. The smallest absolute Gasteiger partial charge is 0.322 e. The molecule has 0 saturated carbocycles. The molecule has 3 aromatic rings. The second-order valence-corrected chi connectivity index (χ2v) is 6.51. The Kier molecular flexibility index (Phi) is 4.15. The largest absolute Gasteiger partial charge is 0.355 e. The first-order valence-corrected chi connectivity index (χ1v) is 8.53. The predicted octanol–water partition coefficient (Wildman–Crippen LogP) is 2.65. The van der Waals surface area contributed by atoms with Gasteiger partial charge in [0.05, 0.1) is 0 Å². The molecule has 4 amide bonds. The monoisotopic (exact) mass is 376 g/mol. The van der Waals surface area contributed by atoms with Crippen LogP contribution in [0, 0.1) is 0 Å². The van der Waals surface area contributed by atoms with Crippen molar-refractivity contribution in [1.29, 1.82) is 0 Å². The third-order valence-electron chi connectivity index (χ3n) is 4.54. The summed E-state index contributed by atoms with van der Waals surface area (Å²) in [5.41, 5.74) is 0.738. The summed E-state index contributed by atoms with van der Waals surface area (Å²) in [6.45, 7) is 1.60. The maximum Gasteiger partial charge on any atom is 0.322 e. The van der Waals surface area contributed by atoms with E-state index in [2.05, 4.69) is 21.1 Å². The Morgan fingerprint density at radius 3 is 2.57 bits per heavy atom. The van der Waals surface area contributed by atoms with Crippen LogP contribution in [0.3, 0.4) is 0 Å². The maximum absolute atomic E-state index is 12.5. The van der Waals surface area contributed by atoms with E-state index < -0.39 is 23.4 Å². The first-order chi connectivity index (χ1) is 13.5. The maximum atomic E-state index is 12.5. The van der Waals surface area contributed by atoms with Crippen LogP contribution >= 0.6 is 0 Å². The minimum absolute atomic E-state index is 0.127. The first kappa shape index (κ1) is 17.5. The molecule has 1 aliphatic heterocycles. The molecule has 3 N–H and O–H groups in total. The molecule has 0 bridgehead atoms. The van der Waals surface area contributed by atoms with Crippen LogP contribution in [0.15, 0.2) is 65.2 Å². The van der Waals surface area contributed by atoms with Gasteiger partial charge in [-0.15, -0.1) is 0 Å². The lowest BCUT2D eigenvalue weighted by molar-refractivity contribution is -0.123. The van der Waals surface area contributed by atoms with Crippen molar-refractivity contribution in [2.45, 2.75) is 12.5 Å². The second-order valence-electron chi connectivity index (χ2n) is 6.51. The Hall–Kier alpha value is -3.94. The number of hydrogen-bond donors (Lipinski definition) is 3. The third kappa shape index (κ3) is 3.11.